The summed E-state index contributed by atoms with van der Waals surface area (Å²) in [4.78, 5) is 26.9. The van der Waals surface area contributed by atoms with Gasteiger partial charge in [-0.2, -0.15) is 0 Å². The summed E-state index contributed by atoms with van der Waals surface area (Å²) in [6.07, 6.45) is 2.05. The molecule has 0 radical (unpaired) electrons. The van der Waals surface area contributed by atoms with E-state index in [4.69, 9.17) is 0 Å². The summed E-state index contributed by atoms with van der Waals surface area (Å²) in [5.41, 5.74) is 1.88. The molecular formula is C19H19NO3S. The van der Waals surface area contributed by atoms with Gasteiger partial charge in [-0.1, -0.05) is 42.5 Å². The lowest BCUT2D eigenvalue weighted by molar-refractivity contribution is -0.142. The van der Waals surface area contributed by atoms with Crippen LogP contribution in [0.5, 0.6) is 0 Å². The molecule has 1 heterocycles. The van der Waals surface area contributed by atoms with E-state index in [1.165, 1.54) is 0 Å². The summed E-state index contributed by atoms with van der Waals surface area (Å²) in [6.45, 7) is 0.429. The molecule has 0 aliphatic carbocycles. The minimum absolute atomic E-state index is 0.0527. The molecule has 24 heavy (non-hydrogen) atoms. The monoisotopic (exact) mass is 341 g/mol. The standard InChI is InChI=1S/C19H19NO3S/c1-24-15-9-7-14(8-10-15)18-16(19(22)23)11-17(21)20(18)12-13-5-3-2-4-6-13/h2-10,16,18H,11-12H2,1H3,(H,22,23)/t16-,18+/m0/s1. The Morgan fingerprint density at radius 1 is 1.17 bits per heavy atom. The van der Waals surface area contributed by atoms with Crippen molar-refractivity contribution in [3.8, 4) is 0 Å². The molecule has 1 saturated heterocycles. The average molecular weight is 341 g/mol. The number of carboxylic acids is 1. The van der Waals surface area contributed by atoms with Crippen LogP contribution in [0.2, 0.25) is 0 Å². The second-order valence-corrected chi connectivity index (χ2v) is 6.75. The molecule has 124 valence electrons. The minimum Gasteiger partial charge on any atom is -0.481 e. The largest absolute Gasteiger partial charge is 0.481 e. The molecule has 0 bridgehead atoms. The van der Waals surface area contributed by atoms with E-state index in [9.17, 15) is 14.7 Å². The second-order valence-electron chi connectivity index (χ2n) is 5.87. The molecule has 1 amide bonds. The van der Waals surface area contributed by atoms with Gasteiger partial charge in [0.15, 0.2) is 0 Å². The quantitative estimate of drug-likeness (QED) is 0.845. The molecular weight excluding hydrogens is 322 g/mol. The molecule has 3 rings (SSSR count). The lowest BCUT2D eigenvalue weighted by atomic mass is 9.93. The van der Waals surface area contributed by atoms with Crippen molar-refractivity contribution < 1.29 is 14.7 Å². The molecule has 2 aromatic carbocycles. The van der Waals surface area contributed by atoms with Crippen LogP contribution in [0, 0.1) is 5.92 Å². The van der Waals surface area contributed by atoms with E-state index in [1.807, 2.05) is 60.9 Å². The van der Waals surface area contributed by atoms with Gasteiger partial charge in [0.05, 0.1) is 12.0 Å². The smallest absolute Gasteiger partial charge is 0.309 e. The van der Waals surface area contributed by atoms with Gasteiger partial charge in [-0.05, 0) is 29.5 Å². The first-order valence-electron chi connectivity index (χ1n) is 7.80. The first kappa shape index (κ1) is 16.6. The Labute approximate surface area is 145 Å². The summed E-state index contributed by atoms with van der Waals surface area (Å²) in [7, 11) is 0. The van der Waals surface area contributed by atoms with Crippen molar-refractivity contribution >= 4 is 23.6 Å². The van der Waals surface area contributed by atoms with Gasteiger partial charge in [-0.25, -0.2) is 0 Å². The molecule has 2 atom stereocenters. The Morgan fingerprint density at radius 2 is 1.83 bits per heavy atom. The molecule has 1 N–H and O–H groups in total. The third-order valence-electron chi connectivity index (χ3n) is 4.40. The topological polar surface area (TPSA) is 57.6 Å². The number of carboxylic acid groups (broad SMARTS) is 1. The second kappa shape index (κ2) is 7.09. The van der Waals surface area contributed by atoms with Crippen molar-refractivity contribution in [2.75, 3.05) is 6.26 Å². The number of rotatable bonds is 5. The number of nitrogens with zero attached hydrogens (tertiary/aromatic N) is 1. The molecule has 1 fully saturated rings. The van der Waals surface area contributed by atoms with E-state index >= 15 is 0 Å². The van der Waals surface area contributed by atoms with E-state index in [0.717, 1.165) is 16.0 Å². The normalized spacial score (nSPS) is 20.4. The number of carbonyl (C=O) groups excluding carboxylic acids is 1. The van der Waals surface area contributed by atoms with Crippen LogP contribution >= 0.6 is 11.8 Å². The highest BCUT2D eigenvalue weighted by Crippen LogP contribution is 2.39. The molecule has 4 nitrogen and oxygen atoms in total. The number of amides is 1. The summed E-state index contributed by atoms with van der Waals surface area (Å²) in [5.74, 6) is -1.73. The number of thioether (sulfide) groups is 1. The minimum atomic E-state index is -0.919. The van der Waals surface area contributed by atoms with Crippen molar-refractivity contribution in [2.24, 2.45) is 5.92 Å². The third-order valence-corrected chi connectivity index (χ3v) is 5.15. The average Bonchev–Trinajstić information content (AvgIpc) is 2.93. The maximum Gasteiger partial charge on any atom is 0.309 e. The van der Waals surface area contributed by atoms with E-state index in [1.54, 1.807) is 16.7 Å². The molecule has 0 spiro atoms. The first-order valence-corrected chi connectivity index (χ1v) is 9.03. The van der Waals surface area contributed by atoms with Crippen LogP contribution in [0.1, 0.15) is 23.6 Å². The van der Waals surface area contributed by atoms with Crippen LogP contribution in [-0.2, 0) is 16.1 Å². The van der Waals surface area contributed by atoms with Crippen LogP contribution in [0.15, 0.2) is 59.5 Å². The predicted molar refractivity (Wildman–Crippen MR) is 93.7 cm³/mol. The Bertz CT molecular complexity index is 730. The number of carbonyl (C=O) groups is 2. The Hall–Kier alpha value is -2.27. The number of likely N-dealkylation sites (tertiary alicyclic amines) is 1. The van der Waals surface area contributed by atoms with Crippen LogP contribution in [0.4, 0.5) is 0 Å². The van der Waals surface area contributed by atoms with E-state index in [2.05, 4.69) is 0 Å². The first-order chi connectivity index (χ1) is 11.6. The van der Waals surface area contributed by atoms with Gasteiger partial charge in [-0.15, -0.1) is 11.8 Å². The molecule has 0 saturated carbocycles. The Balaban J connectivity index is 1.94. The van der Waals surface area contributed by atoms with Gasteiger partial charge in [0.2, 0.25) is 5.91 Å². The highest BCUT2D eigenvalue weighted by molar-refractivity contribution is 7.98. The third kappa shape index (κ3) is 3.31. The lowest BCUT2D eigenvalue weighted by Crippen LogP contribution is -2.30. The fourth-order valence-corrected chi connectivity index (χ4v) is 3.60. The molecule has 0 unspecified atom stereocenters. The number of benzene rings is 2. The van der Waals surface area contributed by atoms with Crippen molar-refractivity contribution in [2.45, 2.75) is 23.9 Å². The maximum atomic E-state index is 12.5. The predicted octanol–water partition coefficient (Wildman–Crippen LogP) is 3.58. The molecule has 1 aliphatic heterocycles. The highest BCUT2D eigenvalue weighted by Gasteiger charge is 2.44. The molecule has 2 aromatic rings. The van der Waals surface area contributed by atoms with Gasteiger partial charge in [0.1, 0.15) is 0 Å². The van der Waals surface area contributed by atoms with Crippen molar-refractivity contribution in [3.63, 3.8) is 0 Å². The summed E-state index contributed by atoms with van der Waals surface area (Å²) in [5, 5.41) is 9.56. The van der Waals surface area contributed by atoms with Crippen molar-refractivity contribution in [1.82, 2.24) is 4.90 Å². The number of hydrogen-bond donors (Lipinski definition) is 1. The van der Waals surface area contributed by atoms with Crippen LogP contribution < -0.4 is 0 Å². The van der Waals surface area contributed by atoms with Gasteiger partial charge < -0.3 is 10.0 Å². The van der Waals surface area contributed by atoms with Gasteiger partial charge in [0, 0.05) is 17.9 Å². The fourth-order valence-electron chi connectivity index (χ4n) is 3.19. The van der Waals surface area contributed by atoms with Crippen molar-refractivity contribution in [3.05, 3.63) is 65.7 Å². The lowest BCUT2D eigenvalue weighted by Gasteiger charge is -2.27. The van der Waals surface area contributed by atoms with Gasteiger partial charge >= 0.3 is 5.97 Å². The number of aliphatic carboxylic acids is 1. The highest BCUT2D eigenvalue weighted by atomic mass is 32.2. The van der Waals surface area contributed by atoms with Gasteiger partial charge in [-0.3, -0.25) is 9.59 Å². The zero-order chi connectivity index (χ0) is 17.1. The Morgan fingerprint density at radius 3 is 2.42 bits per heavy atom. The van der Waals surface area contributed by atoms with E-state index < -0.39 is 17.9 Å². The number of hydrogen-bond acceptors (Lipinski definition) is 3. The molecule has 0 aromatic heterocycles. The maximum absolute atomic E-state index is 12.5. The fraction of sp³-hybridized carbons (Fsp3) is 0.263. The van der Waals surface area contributed by atoms with Crippen molar-refractivity contribution in [1.29, 1.82) is 0 Å². The zero-order valence-corrected chi connectivity index (χ0v) is 14.2. The van der Waals surface area contributed by atoms with Crippen LogP contribution in [0.25, 0.3) is 0 Å². The zero-order valence-electron chi connectivity index (χ0n) is 13.4. The summed E-state index contributed by atoms with van der Waals surface area (Å²) in [6, 6.07) is 17.1. The van der Waals surface area contributed by atoms with Crippen LogP contribution in [0.3, 0.4) is 0 Å². The van der Waals surface area contributed by atoms with E-state index in [0.29, 0.717) is 6.54 Å². The molecule has 5 heteroatoms. The molecule has 1 aliphatic rings. The summed E-state index contributed by atoms with van der Waals surface area (Å²) < 4.78 is 0. The SMILES string of the molecule is CSc1ccc([C@@H]2[C@@H](C(=O)O)CC(=O)N2Cc2ccccc2)cc1. The van der Waals surface area contributed by atoms with Crippen LogP contribution in [-0.4, -0.2) is 28.1 Å². The summed E-state index contributed by atoms with van der Waals surface area (Å²) >= 11 is 1.63. The Kier molecular flexibility index (Phi) is 4.90. The van der Waals surface area contributed by atoms with Gasteiger partial charge in [0.25, 0.3) is 0 Å². The van der Waals surface area contributed by atoms with E-state index in [-0.39, 0.29) is 12.3 Å².